The zero-order valence-electron chi connectivity index (χ0n) is 15.1. The first-order valence-corrected chi connectivity index (χ1v) is 8.21. The number of hydrogen-bond donors (Lipinski definition) is 4. The van der Waals surface area contributed by atoms with Crippen LogP contribution >= 0.6 is 0 Å². The van der Waals surface area contributed by atoms with Crippen LogP contribution in [0.15, 0.2) is 18.2 Å². The lowest BCUT2D eigenvalue weighted by atomic mass is 9.94. The van der Waals surface area contributed by atoms with Crippen molar-refractivity contribution in [1.29, 1.82) is 0 Å². The first-order chi connectivity index (χ1) is 11.7. The van der Waals surface area contributed by atoms with Crippen molar-refractivity contribution in [3.63, 3.8) is 0 Å². The second kappa shape index (κ2) is 8.94. The van der Waals surface area contributed by atoms with Crippen molar-refractivity contribution in [2.75, 3.05) is 19.8 Å². The summed E-state index contributed by atoms with van der Waals surface area (Å²) in [7, 11) is 0. The van der Waals surface area contributed by atoms with E-state index in [2.05, 4.69) is 5.32 Å². The largest absolute Gasteiger partial charge is 0.419 e. The maximum atomic E-state index is 12.2. The first-order valence-electron chi connectivity index (χ1n) is 8.21. The quantitative estimate of drug-likeness (QED) is 0.325. The third kappa shape index (κ3) is 5.01. The van der Waals surface area contributed by atoms with Gasteiger partial charge in [0.15, 0.2) is 0 Å². The van der Waals surface area contributed by atoms with Crippen LogP contribution in [-0.4, -0.2) is 52.6 Å². The summed E-state index contributed by atoms with van der Waals surface area (Å²) in [6, 6.07) is 5.53. The number of esters is 1. The van der Waals surface area contributed by atoms with Gasteiger partial charge < -0.3 is 25.4 Å². The van der Waals surface area contributed by atoms with E-state index in [1.165, 1.54) is 0 Å². The molecule has 0 unspecified atom stereocenters. The number of para-hydroxylation sites is 1. The minimum Gasteiger partial charge on any atom is -0.419 e. The molecule has 1 aromatic carbocycles. The van der Waals surface area contributed by atoms with Gasteiger partial charge in [-0.05, 0) is 23.0 Å². The Bertz CT molecular complexity index is 573. The van der Waals surface area contributed by atoms with Gasteiger partial charge in [-0.15, -0.1) is 0 Å². The van der Waals surface area contributed by atoms with Crippen LogP contribution in [0.25, 0.3) is 0 Å². The number of nitrogens with one attached hydrogen (secondary N) is 1. The van der Waals surface area contributed by atoms with E-state index >= 15 is 0 Å². The van der Waals surface area contributed by atoms with E-state index in [1.807, 2.05) is 45.9 Å². The Morgan fingerprint density at radius 3 is 1.80 bits per heavy atom. The van der Waals surface area contributed by atoms with Gasteiger partial charge in [-0.2, -0.15) is 0 Å². The third-order valence-electron chi connectivity index (χ3n) is 3.99. The topological polar surface area (TPSA) is 116 Å². The van der Waals surface area contributed by atoms with Crippen molar-refractivity contribution in [3.05, 3.63) is 29.3 Å². The highest BCUT2D eigenvalue weighted by Crippen LogP contribution is 2.34. The molecule has 4 N–H and O–H groups in total. The zero-order chi connectivity index (χ0) is 19.2. The fraction of sp³-hybridized carbons (Fsp3) is 0.556. The average molecular weight is 353 g/mol. The van der Waals surface area contributed by atoms with Crippen LogP contribution in [0.4, 0.5) is 0 Å². The Labute approximate surface area is 147 Å². The summed E-state index contributed by atoms with van der Waals surface area (Å²) in [6.07, 6.45) is 0. The predicted molar refractivity (Wildman–Crippen MR) is 92.4 cm³/mol. The maximum absolute atomic E-state index is 12.2. The number of carbonyl (C=O) groups excluding carboxylic acids is 2. The van der Waals surface area contributed by atoms with E-state index in [9.17, 15) is 24.9 Å². The van der Waals surface area contributed by atoms with Gasteiger partial charge in [-0.1, -0.05) is 45.9 Å². The SMILES string of the molecule is CC(C)c1cccc(C(C)C)c1OC(=O)C(=O)NC(CO)(CO)CO. The molecule has 0 aliphatic heterocycles. The summed E-state index contributed by atoms with van der Waals surface area (Å²) in [5.41, 5.74) is -0.0932. The van der Waals surface area contributed by atoms with Gasteiger partial charge in [0.2, 0.25) is 0 Å². The molecule has 0 heterocycles. The number of benzene rings is 1. The molecule has 0 aliphatic carbocycles. The number of ether oxygens (including phenoxy) is 1. The highest BCUT2D eigenvalue weighted by Gasteiger charge is 2.33. The van der Waals surface area contributed by atoms with E-state index < -0.39 is 37.2 Å². The van der Waals surface area contributed by atoms with E-state index in [0.717, 1.165) is 11.1 Å². The zero-order valence-corrected chi connectivity index (χ0v) is 15.1. The van der Waals surface area contributed by atoms with E-state index in [4.69, 9.17) is 4.74 Å². The van der Waals surface area contributed by atoms with Crippen molar-refractivity contribution in [1.82, 2.24) is 5.32 Å². The summed E-state index contributed by atoms with van der Waals surface area (Å²) in [5.74, 6) is -1.82. The van der Waals surface area contributed by atoms with Gasteiger partial charge in [0.1, 0.15) is 11.3 Å². The molecule has 25 heavy (non-hydrogen) atoms. The van der Waals surface area contributed by atoms with Crippen LogP contribution < -0.4 is 10.1 Å². The fourth-order valence-electron chi connectivity index (χ4n) is 2.30. The highest BCUT2D eigenvalue weighted by molar-refractivity contribution is 6.33. The molecule has 0 radical (unpaired) electrons. The molecule has 0 atom stereocenters. The van der Waals surface area contributed by atoms with Crippen LogP contribution in [0.5, 0.6) is 5.75 Å². The number of rotatable bonds is 7. The molecule has 0 aromatic heterocycles. The van der Waals surface area contributed by atoms with Crippen molar-refractivity contribution in [2.24, 2.45) is 0 Å². The van der Waals surface area contributed by atoms with Crippen LogP contribution in [0.1, 0.15) is 50.7 Å². The van der Waals surface area contributed by atoms with Crippen molar-refractivity contribution in [3.8, 4) is 5.75 Å². The second-order valence-corrected chi connectivity index (χ2v) is 6.67. The molecule has 0 bridgehead atoms. The Morgan fingerprint density at radius 2 is 1.44 bits per heavy atom. The summed E-state index contributed by atoms with van der Waals surface area (Å²) in [4.78, 5) is 24.3. The molecule has 1 aromatic rings. The van der Waals surface area contributed by atoms with Gasteiger partial charge in [-0.25, -0.2) is 4.79 Å². The van der Waals surface area contributed by atoms with Crippen molar-refractivity contribution in [2.45, 2.75) is 45.1 Å². The number of hydrogen-bond acceptors (Lipinski definition) is 6. The van der Waals surface area contributed by atoms with Gasteiger partial charge in [0.05, 0.1) is 19.8 Å². The fourth-order valence-corrected chi connectivity index (χ4v) is 2.30. The minimum absolute atomic E-state index is 0.0796. The molecule has 7 heteroatoms. The van der Waals surface area contributed by atoms with Gasteiger partial charge in [0, 0.05) is 0 Å². The predicted octanol–water partition coefficient (Wildman–Crippen LogP) is 0.671. The third-order valence-corrected chi connectivity index (χ3v) is 3.99. The molecule has 0 saturated carbocycles. The summed E-state index contributed by atoms with van der Waals surface area (Å²) < 4.78 is 5.34. The molecule has 1 amide bonds. The molecular weight excluding hydrogens is 326 g/mol. The summed E-state index contributed by atoms with van der Waals surface area (Å²) >= 11 is 0. The Balaban J connectivity index is 3.09. The van der Waals surface area contributed by atoms with Crippen molar-refractivity contribution < 1.29 is 29.6 Å². The summed E-state index contributed by atoms with van der Waals surface area (Å²) in [5, 5.41) is 29.9. The van der Waals surface area contributed by atoms with Gasteiger partial charge in [-0.3, -0.25) is 4.79 Å². The maximum Gasteiger partial charge on any atom is 0.402 e. The molecule has 0 saturated heterocycles. The van der Waals surface area contributed by atoms with Crippen LogP contribution in [0.2, 0.25) is 0 Å². The molecular formula is C18H27NO6. The molecule has 0 aliphatic rings. The first kappa shape index (κ1) is 21.1. The van der Waals surface area contributed by atoms with Gasteiger partial charge in [0.25, 0.3) is 0 Å². The molecule has 0 fully saturated rings. The lowest BCUT2D eigenvalue weighted by Crippen LogP contribution is -2.59. The van der Waals surface area contributed by atoms with Crippen molar-refractivity contribution >= 4 is 11.9 Å². The highest BCUT2D eigenvalue weighted by atomic mass is 16.5. The Hall–Kier alpha value is -1.96. The standard InChI is InChI=1S/C18H27NO6/c1-11(2)13-6-5-7-14(12(3)4)15(13)25-17(24)16(23)19-18(8-20,9-21)10-22/h5-7,11-12,20-22H,8-10H2,1-4H3,(H,19,23). The lowest BCUT2D eigenvalue weighted by molar-refractivity contribution is -0.150. The molecule has 0 spiro atoms. The Morgan fingerprint density at radius 1 is 1.00 bits per heavy atom. The molecule has 140 valence electrons. The normalized spacial score (nSPS) is 11.7. The monoisotopic (exact) mass is 353 g/mol. The van der Waals surface area contributed by atoms with Crippen LogP contribution in [0.3, 0.4) is 0 Å². The summed E-state index contributed by atoms with van der Waals surface area (Å²) in [6.45, 7) is 5.63. The van der Waals surface area contributed by atoms with Gasteiger partial charge >= 0.3 is 11.9 Å². The molecule has 7 nitrogen and oxygen atoms in total. The second-order valence-electron chi connectivity index (χ2n) is 6.67. The van der Waals surface area contributed by atoms with Crippen LogP contribution in [0, 0.1) is 0 Å². The Kier molecular flexibility index (Phi) is 7.54. The number of amides is 1. The molecule has 1 rings (SSSR count). The smallest absolute Gasteiger partial charge is 0.402 e. The average Bonchev–Trinajstić information content (AvgIpc) is 2.59. The van der Waals surface area contributed by atoms with E-state index in [0.29, 0.717) is 5.75 Å². The van der Waals surface area contributed by atoms with Crippen LogP contribution in [-0.2, 0) is 9.59 Å². The number of carbonyl (C=O) groups is 2. The van der Waals surface area contributed by atoms with E-state index in [-0.39, 0.29) is 11.8 Å². The lowest BCUT2D eigenvalue weighted by Gasteiger charge is -2.28. The number of aliphatic hydroxyl groups excluding tert-OH is 3. The van der Waals surface area contributed by atoms with E-state index in [1.54, 1.807) is 0 Å². The number of aliphatic hydroxyl groups is 3. The minimum atomic E-state index is -1.69.